The fourth-order valence-electron chi connectivity index (χ4n) is 1.13. The predicted molar refractivity (Wildman–Crippen MR) is 61.7 cm³/mol. The summed E-state index contributed by atoms with van der Waals surface area (Å²) in [6, 6.07) is 3.32. The van der Waals surface area contributed by atoms with Crippen LogP contribution in [0.4, 0.5) is 18.9 Å². The van der Waals surface area contributed by atoms with Crippen LogP contribution in [0.15, 0.2) is 22.7 Å². The maximum Gasteiger partial charge on any atom is 0.573 e. The fourth-order valence-corrected chi connectivity index (χ4v) is 1.59. The van der Waals surface area contributed by atoms with Crippen LogP contribution in [0.5, 0.6) is 5.75 Å². The van der Waals surface area contributed by atoms with Crippen molar-refractivity contribution in [2.75, 3.05) is 5.32 Å². The van der Waals surface area contributed by atoms with Gasteiger partial charge in [-0.25, -0.2) is 0 Å². The zero-order valence-corrected chi connectivity index (χ0v) is 10.7. The Labute approximate surface area is 113 Å². The number of nitrogens with one attached hydrogen (secondary N) is 1. The Morgan fingerprint density at radius 1 is 1.37 bits per heavy atom. The molecule has 0 fully saturated rings. The third-order valence-electron chi connectivity index (χ3n) is 1.75. The van der Waals surface area contributed by atoms with Crippen LogP contribution in [-0.2, 0) is 9.59 Å². The van der Waals surface area contributed by atoms with Crippen LogP contribution in [0.25, 0.3) is 0 Å². The zero-order chi connectivity index (χ0) is 14.6. The number of ether oxygens (including phenoxy) is 1. The molecule has 1 aromatic carbocycles. The molecule has 0 unspecified atom stereocenters. The lowest BCUT2D eigenvalue weighted by Crippen LogP contribution is -2.18. The van der Waals surface area contributed by atoms with Crippen molar-refractivity contribution >= 4 is 33.5 Å². The molecule has 9 heteroatoms. The van der Waals surface area contributed by atoms with E-state index < -0.39 is 30.4 Å². The molecule has 0 aliphatic carbocycles. The maximum atomic E-state index is 12.0. The molecule has 0 aliphatic rings. The van der Waals surface area contributed by atoms with Crippen molar-refractivity contribution in [3.63, 3.8) is 0 Å². The second kappa shape index (κ2) is 5.91. The van der Waals surface area contributed by atoms with Gasteiger partial charge in [-0.05, 0) is 34.1 Å². The summed E-state index contributed by atoms with van der Waals surface area (Å²) in [7, 11) is 0. The van der Waals surface area contributed by atoms with Crippen molar-refractivity contribution in [3.8, 4) is 5.75 Å². The Morgan fingerprint density at radius 3 is 2.47 bits per heavy atom. The summed E-state index contributed by atoms with van der Waals surface area (Å²) in [5.74, 6) is -2.57. The van der Waals surface area contributed by atoms with Gasteiger partial charge >= 0.3 is 12.3 Å². The number of amides is 1. The van der Waals surface area contributed by atoms with Crippen molar-refractivity contribution in [2.45, 2.75) is 12.8 Å². The van der Waals surface area contributed by atoms with Crippen LogP contribution in [0.2, 0.25) is 0 Å². The SMILES string of the molecule is O=C(O)CC(=O)Nc1ccc(OC(F)(F)F)c(Br)c1. The number of aliphatic carboxylic acids is 1. The van der Waals surface area contributed by atoms with Gasteiger partial charge in [0.1, 0.15) is 12.2 Å². The average Bonchev–Trinajstić information content (AvgIpc) is 2.19. The van der Waals surface area contributed by atoms with Gasteiger partial charge in [0.05, 0.1) is 4.47 Å². The first-order valence-corrected chi connectivity index (χ1v) is 5.53. The number of hydrogen-bond donors (Lipinski definition) is 2. The van der Waals surface area contributed by atoms with Crippen molar-refractivity contribution in [3.05, 3.63) is 22.7 Å². The molecule has 1 aromatic rings. The molecule has 5 nitrogen and oxygen atoms in total. The minimum atomic E-state index is -4.82. The molecular weight excluding hydrogens is 335 g/mol. The number of carboxylic acid groups (broad SMARTS) is 1. The minimum absolute atomic E-state index is 0.0297. The Hall–Kier alpha value is -1.77. The van der Waals surface area contributed by atoms with E-state index in [1.165, 1.54) is 6.07 Å². The molecule has 0 aliphatic heterocycles. The molecule has 0 saturated carbocycles. The van der Waals surface area contributed by atoms with E-state index in [1.807, 2.05) is 0 Å². The topological polar surface area (TPSA) is 75.6 Å². The van der Waals surface area contributed by atoms with E-state index in [0.717, 1.165) is 12.1 Å². The third kappa shape index (κ3) is 5.60. The number of benzene rings is 1. The van der Waals surface area contributed by atoms with Gasteiger partial charge in [0.15, 0.2) is 0 Å². The molecular formula is C10H7BrF3NO4. The molecule has 0 radical (unpaired) electrons. The highest BCUT2D eigenvalue weighted by molar-refractivity contribution is 9.10. The van der Waals surface area contributed by atoms with Crippen LogP contribution in [0, 0.1) is 0 Å². The van der Waals surface area contributed by atoms with E-state index in [4.69, 9.17) is 5.11 Å². The molecule has 0 heterocycles. The normalized spacial score (nSPS) is 10.9. The molecule has 104 valence electrons. The van der Waals surface area contributed by atoms with Gasteiger partial charge in [0.25, 0.3) is 0 Å². The molecule has 19 heavy (non-hydrogen) atoms. The van der Waals surface area contributed by atoms with E-state index >= 15 is 0 Å². The molecule has 1 amide bonds. The van der Waals surface area contributed by atoms with E-state index in [9.17, 15) is 22.8 Å². The number of halogens is 4. The van der Waals surface area contributed by atoms with Gasteiger partial charge in [-0.2, -0.15) is 0 Å². The number of anilines is 1. The average molecular weight is 342 g/mol. The molecule has 0 spiro atoms. The van der Waals surface area contributed by atoms with Gasteiger partial charge in [-0.3, -0.25) is 9.59 Å². The summed E-state index contributed by atoms with van der Waals surface area (Å²) in [6.45, 7) is 0. The van der Waals surface area contributed by atoms with Gasteiger partial charge < -0.3 is 15.2 Å². The highest BCUT2D eigenvalue weighted by Crippen LogP contribution is 2.32. The highest BCUT2D eigenvalue weighted by atomic mass is 79.9. The van der Waals surface area contributed by atoms with Crippen LogP contribution < -0.4 is 10.1 Å². The number of rotatable bonds is 4. The molecule has 0 atom stereocenters. The summed E-state index contributed by atoms with van der Waals surface area (Å²) in [6.07, 6.45) is -5.56. The number of hydrogen-bond acceptors (Lipinski definition) is 3. The maximum absolute atomic E-state index is 12.0. The van der Waals surface area contributed by atoms with Crippen LogP contribution in [0.1, 0.15) is 6.42 Å². The first-order valence-electron chi connectivity index (χ1n) is 4.74. The highest BCUT2D eigenvalue weighted by Gasteiger charge is 2.31. The first kappa shape index (κ1) is 15.3. The number of carbonyl (C=O) groups excluding carboxylic acids is 1. The molecule has 2 N–H and O–H groups in total. The second-order valence-electron chi connectivity index (χ2n) is 3.31. The Morgan fingerprint density at radius 2 is 2.00 bits per heavy atom. The summed E-state index contributed by atoms with van der Waals surface area (Å²) < 4.78 is 39.7. The summed E-state index contributed by atoms with van der Waals surface area (Å²) in [4.78, 5) is 21.4. The standard InChI is InChI=1S/C10H7BrF3NO4/c11-6-3-5(15-8(16)4-9(17)18)1-2-7(6)19-10(12,13)14/h1-3H,4H2,(H,15,16)(H,17,18). The lowest BCUT2D eigenvalue weighted by Gasteiger charge is -2.11. The summed E-state index contributed by atoms with van der Waals surface area (Å²) >= 11 is 2.85. The van der Waals surface area contributed by atoms with Crippen LogP contribution >= 0.6 is 15.9 Å². The van der Waals surface area contributed by atoms with E-state index in [2.05, 4.69) is 26.0 Å². The molecule has 0 aromatic heterocycles. The van der Waals surface area contributed by atoms with E-state index in [0.29, 0.717) is 0 Å². The number of carboxylic acids is 1. The van der Waals surface area contributed by atoms with Crippen molar-refractivity contribution in [1.82, 2.24) is 0 Å². The Balaban J connectivity index is 2.77. The molecule has 0 bridgehead atoms. The first-order chi connectivity index (χ1) is 8.67. The number of carbonyl (C=O) groups is 2. The van der Waals surface area contributed by atoms with Crippen LogP contribution in [-0.4, -0.2) is 23.3 Å². The van der Waals surface area contributed by atoms with E-state index in [-0.39, 0.29) is 10.2 Å². The van der Waals surface area contributed by atoms with Crippen molar-refractivity contribution in [1.29, 1.82) is 0 Å². The van der Waals surface area contributed by atoms with Gasteiger partial charge in [0.2, 0.25) is 5.91 Å². The lowest BCUT2D eigenvalue weighted by atomic mass is 10.3. The number of alkyl halides is 3. The zero-order valence-electron chi connectivity index (χ0n) is 9.12. The second-order valence-corrected chi connectivity index (χ2v) is 4.17. The van der Waals surface area contributed by atoms with Crippen molar-refractivity contribution < 1.29 is 32.6 Å². The quantitative estimate of drug-likeness (QED) is 0.825. The van der Waals surface area contributed by atoms with Crippen LogP contribution in [0.3, 0.4) is 0 Å². The summed E-state index contributed by atoms with van der Waals surface area (Å²) in [5, 5.41) is 10.6. The molecule has 1 rings (SSSR count). The largest absolute Gasteiger partial charge is 0.573 e. The van der Waals surface area contributed by atoms with Gasteiger partial charge in [0, 0.05) is 5.69 Å². The monoisotopic (exact) mass is 341 g/mol. The lowest BCUT2D eigenvalue weighted by molar-refractivity contribution is -0.274. The van der Waals surface area contributed by atoms with Gasteiger partial charge in [-0.1, -0.05) is 0 Å². The minimum Gasteiger partial charge on any atom is -0.481 e. The molecule has 0 saturated heterocycles. The predicted octanol–water partition coefficient (Wildman–Crippen LogP) is 2.76. The van der Waals surface area contributed by atoms with E-state index in [1.54, 1.807) is 0 Å². The Kier molecular flexibility index (Phi) is 4.76. The fraction of sp³-hybridized carbons (Fsp3) is 0.200. The smallest absolute Gasteiger partial charge is 0.481 e. The summed E-state index contributed by atoms with van der Waals surface area (Å²) in [5.41, 5.74) is 0.146. The van der Waals surface area contributed by atoms with Crippen molar-refractivity contribution in [2.24, 2.45) is 0 Å². The Bertz CT molecular complexity index is 504. The van der Waals surface area contributed by atoms with Gasteiger partial charge in [-0.15, -0.1) is 13.2 Å². The third-order valence-corrected chi connectivity index (χ3v) is 2.37.